The number of amides is 1. The predicted molar refractivity (Wildman–Crippen MR) is 151 cm³/mol. The van der Waals surface area contributed by atoms with Crippen molar-refractivity contribution in [2.24, 2.45) is 0 Å². The Balaban J connectivity index is 0.968. The van der Waals surface area contributed by atoms with Crippen LogP contribution in [0.3, 0.4) is 0 Å². The summed E-state index contributed by atoms with van der Waals surface area (Å²) in [6.45, 7) is 8.70. The quantitative estimate of drug-likeness (QED) is 0.461. The zero-order valence-corrected chi connectivity index (χ0v) is 22.3. The molecule has 9 nitrogen and oxygen atoms in total. The third-order valence-electron chi connectivity index (χ3n) is 7.79. The van der Waals surface area contributed by atoms with E-state index >= 15 is 0 Å². The third-order valence-corrected chi connectivity index (χ3v) is 7.79. The molecule has 0 aliphatic carbocycles. The average Bonchev–Trinajstić information content (AvgIpc) is 3.51. The van der Waals surface area contributed by atoms with Crippen LogP contribution in [0.5, 0.6) is 11.5 Å². The van der Waals surface area contributed by atoms with Crippen LogP contribution in [0.2, 0.25) is 0 Å². The van der Waals surface area contributed by atoms with Gasteiger partial charge in [-0.15, -0.1) is 10.2 Å². The Morgan fingerprint density at radius 2 is 1.38 bits per heavy atom. The molecule has 3 aliphatic heterocycles. The molecule has 2 aromatic carbocycles. The highest BCUT2D eigenvalue weighted by atomic mass is 16.5. The highest BCUT2D eigenvalue weighted by Gasteiger charge is 2.25. The molecule has 3 aliphatic rings. The van der Waals surface area contributed by atoms with Crippen molar-refractivity contribution in [1.29, 1.82) is 0 Å². The number of aromatic nitrogens is 2. The van der Waals surface area contributed by atoms with Crippen LogP contribution >= 0.6 is 0 Å². The molecule has 9 heteroatoms. The molecule has 204 valence electrons. The van der Waals surface area contributed by atoms with E-state index in [1.165, 1.54) is 12.8 Å². The molecule has 0 N–H and O–H groups in total. The Labute approximate surface area is 229 Å². The SMILES string of the molecule is O=C(c1ccc(Oc2ccccc2)cc1)N1CCN(c2ccc(N3CCN(CC4CCCO4)CC3)nn2)CC1. The van der Waals surface area contributed by atoms with Crippen LogP contribution in [0.4, 0.5) is 11.6 Å². The fourth-order valence-corrected chi connectivity index (χ4v) is 5.50. The molecule has 3 saturated heterocycles. The molecule has 0 saturated carbocycles. The summed E-state index contributed by atoms with van der Waals surface area (Å²) in [6.07, 6.45) is 2.79. The number of rotatable bonds is 7. The second-order valence-electron chi connectivity index (χ2n) is 10.4. The van der Waals surface area contributed by atoms with Crippen molar-refractivity contribution in [3.05, 3.63) is 72.3 Å². The Morgan fingerprint density at radius 1 is 0.769 bits per heavy atom. The van der Waals surface area contributed by atoms with Gasteiger partial charge in [-0.25, -0.2) is 0 Å². The van der Waals surface area contributed by atoms with Crippen molar-refractivity contribution >= 4 is 17.5 Å². The molecular weight excluding hydrogens is 492 g/mol. The van der Waals surface area contributed by atoms with Gasteiger partial charge >= 0.3 is 0 Å². The van der Waals surface area contributed by atoms with Crippen LogP contribution in [0, 0.1) is 0 Å². The van der Waals surface area contributed by atoms with Gasteiger partial charge in [0, 0.05) is 71.1 Å². The molecule has 1 amide bonds. The van der Waals surface area contributed by atoms with Gasteiger partial charge in [0.25, 0.3) is 5.91 Å². The molecule has 1 unspecified atom stereocenters. The summed E-state index contributed by atoms with van der Waals surface area (Å²) in [5, 5.41) is 9.08. The second kappa shape index (κ2) is 12.0. The molecule has 4 heterocycles. The fraction of sp³-hybridized carbons (Fsp3) is 0.433. The number of para-hydroxylation sites is 1. The van der Waals surface area contributed by atoms with E-state index in [2.05, 4.69) is 37.0 Å². The van der Waals surface area contributed by atoms with Crippen molar-refractivity contribution < 1.29 is 14.3 Å². The maximum atomic E-state index is 13.1. The number of anilines is 2. The van der Waals surface area contributed by atoms with Gasteiger partial charge in [0.15, 0.2) is 11.6 Å². The van der Waals surface area contributed by atoms with E-state index in [0.29, 0.717) is 30.5 Å². The summed E-state index contributed by atoms with van der Waals surface area (Å²) in [5.74, 6) is 3.33. The van der Waals surface area contributed by atoms with Crippen LogP contribution in [-0.2, 0) is 4.74 Å². The summed E-state index contributed by atoms with van der Waals surface area (Å²) in [4.78, 5) is 22.0. The monoisotopic (exact) mass is 528 g/mol. The van der Waals surface area contributed by atoms with E-state index in [4.69, 9.17) is 9.47 Å². The van der Waals surface area contributed by atoms with E-state index in [-0.39, 0.29) is 5.91 Å². The van der Waals surface area contributed by atoms with Crippen LogP contribution < -0.4 is 14.5 Å². The molecule has 1 atom stereocenters. The summed E-state index contributed by atoms with van der Waals surface area (Å²) in [5.41, 5.74) is 0.670. The molecule has 0 radical (unpaired) electrons. The topological polar surface area (TPSA) is 74.3 Å². The lowest BCUT2D eigenvalue weighted by Crippen LogP contribution is -2.49. The van der Waals surface area contributed by atoms with Gasteiger partial charge in [0.2, 0.25) is 0 Å². The maximum absolute atomic E-state index is 13.1. The first-order valence-electron chi connectivity index (χ1n) is 14.0. The summed E-state index contributed by atoms with van der Waals surface area (Å²) in [7, 11) is 0. The fourth-order valence-electron chi connectivity index (χ4n) is 5.50. The maximum Gasteiger partial charge on any atom is 0.253 e. The summed E-state index contributed by atoms with van der Waals surface area (Å²) in [6, 6.07) is 21.1. The zero-order valence-electron chi connectivity index (χ0n) is 22.3. The Morgan fingerprint density at radius 3 is 1.97 bits per heavy atom. The molecule has 3 fully saturated rings. The van der Waals surface area contributed by atoms with Gasteiger partial charge < -0.3 is 24.2 Å². The number of benzene rings is 2. The van der Waals surface area contributed by atoms with Gasteiger partial charge in [-0.3, -0.25) is 9.69 Å². The minimum Gasteiger partial charge on any atom is -0.457 e. The average molecular weight is 529 g/mol. The van der Waals surface area contributed by atoms with Crippen molar-refractivity contribution in [1.82, 2.24) is 20.0 Å². The lowest BCUT2D eigenvalue weighted by molar-refractivity contribution is 0.0712. The summed E-state index contributed by atoms with van der Waals surface area (Å²) < 4.78 is 11.6. The molecule has 0 bridgehead atoms. The Bertz CT molecular complexity index is 1200. The predicted octanol–water partition coefficient (Wildman–Crippen LogP) is 3.53. The summed E-state index contributed by atoms with van der Waals surface area (Å²) >= 11 is 0. The van der Waals surface area contributed by atoms with Crippen molar-refractivity contribution in [2.75, 3.05) is 75.3 Å². The zero-order chi connectivity index (χ0) is 26.4. The molecule has 3 aromatic rings. The smallest absolute Gasteiger partial charge is 0.253 e. The van der Waals surface area contributed by atoms with E-state index in [0.717, 1.165) is 69.8 Å². The first-order chi connectivity index (χ1) is 19.2. The van der Waals surface area contributed by atoms with E-state index in [9.17, 15) is 4.79 Å². The van der Waals surface area contributed by atoms with Gasteiger partial charge in [-0.2, -0.15) is 0 Å². The van der Waals surface area contributed by atoms with E-state index in [1.54, 1.807) is 0 Å². The number of nitrogens with zero attached hydrogens (tertiary/aromatic N) is 6. The van der Waals surface area contributed by atoms with Gasteiger partial charge in [0.05, 0.1) is 6.10 Å². The first kappa shape index (κ1) is 25.6. The number of carbonyl (C=O) groups is 1. The molecule has 0 spiro atoms. The normalized spacial score (nSPS) is 20.3. The van der Waals surface area contributed by atoms with Crippen LogP contribution in [0.15, 0.2) is 66.7 Å². The Kier molecular flexibility index (Phi) is 7.87. The van der Waals surface area contributed by atoms with Crippen molar-refractivity contribution in [3.8, 4) is 11.5 Å². The van der Waals surface area contributed by atoms with Gasteiger partial charge in [0.1, 0.15) is 11.5 Å². The molecule has 6 rings (SSSR count). The minimum atomic E-state index is 0.0426. The van der Waals surface area contributed by atoms with Crippen molar-refractivity contribution in [2.45, 2.75) is 18.9 Å². The van der Waals surface area contributed by atoms with Crippen LogP contribution in [0.1, 0.15) is 23.2 Å². The number of hydrogen-bond donors (Lipinski definition) is 0. The Hall–Kier alpha value is -3.69. The van der Waals surface area contributed by atoms with E-state index < -0.39 is 0 Å². The first-order valence-corrected chi connectivity index (χ1v) is 14.0. The van der Waals surface area contributed by atoms with Gasteiger partial charge in [-0.05, 0) is 61.4 Å². The lowest BCUT2D eigenvalue weighted by atomic mass is 10.1. The van der Waals surface area contributed by atoms with Crippen LogP contribution in [-0.4, -0.2) is 97.5 Å². The minimum absolute atomic E-state index is 0.0426. The van der Waals surface area contributed by atoms with E-state index in [1.807, 2.05) is 59.5 Å². The third kappa shape index (κ3) is 6.32. The number of piperazine rings is 2. The number of carbonyl (C=O) groups excluding carboxylic acids is 1. The number of hydrogen-bond acceptors (Lipinski definition) is 8. The highest BCUT2D eigenvalue weighted by molar-refractivity contribution is 5.94. The second-order valence-corrected chi connectivity index (χ2v) is 10.4. The lowest BCUT2D eigenvalue weighted by Gasteiger charge is -2.37. The molecular formula is C30H36N6O3. The van der Waals surface area contributed by atoms with Crippen LogP contribution in [0.25, 0.3) is 0 Å². The van der Waals surface area contributed by atoms with Gasteiger partial charge in [-0.1, -0.05) is 18.2 Å². The molecule has 39 heavy (non-hydrogen) atoms. The highest BCUT2D eigenvalue weighted by Crippen LogP contribution is 2.23. The molecule has 1 aromatic heterocycles. The number of ether oxygens (including phenoxy) is 2. The largest absolute Gasteiger partial charge is 0.457 e. The van der Waals surface area contributed by atoms with Crippen molar-refractivity contribution in [3.63, 3.8) is 0 Å². The standard InChI is InChI=1S/C30H36N6O3/c37-30(24-8-10-26(11-9-24)39-25-5-2-1-3-6-25)36-20-18-35(19-21-36)29-13-12-28(31-32-29)34-16-14-33(15-17-34)23-27-7-4-22-38-27/h1-3,5-6,8-13,27H,4,7,14-23H2.